The van der Waals surface area contributed by atoms with Crippen LogP contribution in [0.2, 0.25) is 0 Å². The number of amides is 1. The molecule has 0 saturated carbocycles. The maximum Gasteiger partial charge on any atom is 0.417 e. The molecule has 0 unspecified atom stereocenters. The maximum absolute atomic E-state index is 13.6. The third-order valence-corrected chi connectivity index (χ3v) is 5.54. The first-order chi connectivity index (χ1) is 15.1. The molecule has 12 heteroatoms. The highest BCUT2D eigenvalue weighted by Crippen LogP contribution is 2.38. The van der Waals surface area contributed by atoms with Crippen LogP contribution in [0.25, 0.3) is 6.08 Å². The number of carbonyl (C=O) groups is 2. The van der Waals surface area contributed by atoms with Gasteiger partial charge >= 0.3 is 12.1 Å². The van der Waals surface area contributed by atoms with Crippen LogP contribution in [-0.4, -0.2) is 29.3 Å². The molecule has 0 aliphatic carbocycles. The van der Waals surface area contributed by atoms with Gasteiger partial charge in [-0.1, -0.05) is 42.2 Å². The summed E-state index contributed by atoms with van der Waals surface area (Å²) in [6.45, 7) is 0. The van der Waals surface area contributed by atoms with E-state index in [2.05, 4.69) is 10.1 Å². The van der Waals surface area contributed by atoms with Gasteiger partial charge in [-0.05, 0) is 47.9 Å². The van der Waals surface area contributed by atoms with Crippen molar-refractivity contribution < 1.29 is 32.2 Å². The molecule has 2 aromatic carbocycles. The van der Waals surface area contributed by atoms with Crippen LogP contribution in [0.1, 0.15) is 16.7 Å². The lowest BCUT2D eigenvalue weighted by molar-refractivity contribution is -0.142. The van der Waals surface area contributed by atoms with Crippen LogP contribution in [0.15, 0.2) is 47.4 Å². The third kappa shape index (κ3) is 6.94. The van der Waals surface area contributed by atoms with E-state index in [1.165, 1.54) is 19.2 Å². The Morgan fingerprint density at radius 2 is 1.85 bits per heavy atom. The summed E-state index contributed by atoms with van der Waals surface area (Å²) in [4.78, 5) is 23.3. The number of hydrogen-bond donors (Lipinski definition) is 2. The van der Waals surface area contributed by atoms with Crippen molar-refractivity contribution in [2.45, 2.75) is 18.6 Å². The van der Waals surface area contributed by atoms with Gasteiger partial charge in [0, 0.05) is 0 Å². The Labute approximate surface area is 203 Å². The van der Waals surface area contributed by atoms with E-state index in [1.807, 2.05) is 0 Å². The van der Waals surface area contributed by atoms with Crippen molar-refractivity contribution in [3.05, 3.63) is 64.1 Å². The van der Waals surface area contributed by atoms with Gasteiger partial charge in [0.05, 0.1) is 17.6 Å². The zero-order valence-electron chi connectivity index (χ0n) is 17.0. The summed E-state index contributed by atoms with van der Waals surface area (Å²) in [6, 6.07) is 9.07. The van der Waals surface area contributed by atoms with E-state index in [0.29, 0.717) is 5.75 Å². The lowest BCUT2D eigenvalue weighted by atomic mass is 10.1. The summed E-state index contributed by atoms with van der Waals surface area (Å²) in [5, 5.41) is 2.36. The van der Waals surface area contributed by atoms with Gasteiger partial charge in [0.2, 0.25) is 0 Å². The highest BCUT2D eigenvalue weighted by molar-refractivity contribution is 8.26. The minimum atomic E-state index is -4.67. The summed E-state index contributed by atoms with van der Waals surface area (Å²) in [5.41, 5.74) is 5.32. The van der Waals surface area contributed by atoms with Crippen molar-refractivity contribution in [3.63, 3.8) is 0 Å². The second kappa shape index (κ2) is 11.0. The number of carbonyl (C=O) groups excluding carboxylic acids is 2. The number of halogens is 4. The number of methoxy groups -OCH3 is 1. The summed E-state index contributed by atoms with van der Waals surface area (Å²) < 4.78 is 51.2. The van der Waals surface area contributed by atoms with Crippen LogP contribution >= 0.6 is 36.4 Å². The quantitative estimate of drug-likeness (QED) is 0.331. The summed E-state index contributed by atoms with van der Waals surface area (Å²) >= 11 is 5.76. The Kier molecular flexibility index (Phi) is 8.89. The van der Waals surface area contributed by atoms with Crippen LogP contribution < -0.4 is 15.8 Å². The van der Waals surface area contributed by atoms with Gasteiger partial charge < -0.3 is 20.5 Å². The predicted molar refractivity (Wildman–Crippen MR) is 125 cm³/mol. The van der Waals surface area contributed by atoms with Gasteiger partial charge in [-0.25, -0.2) is 0 Å². The molecule has 2 aromatic rings. The number of thioether (sulfide) groups is 1. The highest BCUT2D eigenvalue weighted by atomic mass is 35.5. The molecule has 0 radical (unpaired) electrons. The summed E-state index contributed by atoms with van der Waals surface area (Å²) in [7, 11) is 1.24. The number of rotatable bonds is 6. The number of ether oxygens (including phenoxy) is 2. The van der Waals surface area contributed by atoms with Crippen molar-refractivity contribution in [3.8, 4) is 11.5 Å². The van der Waals surface area contributed by atoms with Crippen LogP contribution in [-0.2, 0) is 26.9 Å². The van der Waals surface area contributed by atoms with Gasteiger partial charge in [-0.2, -0.15) is 13.2 Å². The summed E-state index contributed by atoms with van der Waals surface area (Å²) in [5.74, 6) is -0.816. The smallest absolute Gasteiger partial charge is 0.417 e. The molecule has 1 aliphatic rings. The molecule has 0 spiro atoms. The molecule has 3 N–H and O–H groups in total. The molecule has 6 nitrogen and oxygen atoms in total. The monoisotopic (exact) mass is 518 g/mol. The van der Waals surface area contributed by atoms with Gasteiger partial charge in [0.15, 0.2) is 0 Å². The van der Waals surface area contributed by atoms with E-state index >= 15 is 0 Å². The van der Waals surface area contributed by atoms with Gasteiger partial charge in [-0.3, -0.25) is 9.59 Å². The second-order valence-electron chi connectivity index (χ2n) is 6.68. The molecule has 1 aliphatic heterocycles. The Balaban J connectivity index is 0.00000385. The lowest BCUT2D eigenvalue weighted by Crippen LogP contribution is -2.33. The third-order valence-electron chi connectivity index (χ3n) is 4.38. The zero-order chi connectivity index (χ0) is 23.5. The van der Waals surface area contributed by atoms with E-state index < -0.39 is 29.7 Å². The Hall–Kier alpha value is -2.60. The fourth-order valence-electron chi connectivity index (χ4n) is 2.85. The van der Waals surface area contributed by atoms with Crippen molar-refractivity contribution >= 4 is 58.7 Å². The molecule has 0 aromatic heterocycles. The Morgan fingerprint density at radius 1 is 1.21 bits per heavy atom. The standard InChI is InChI=1S/C21H17F3N2O4S2.ClH/c1-29-19(28)16(25)8-11-2-5-13(6-3-11)30-14-7-4-12(15(10-14)21(22,23)24)9-17-18(27)26-20(31)32-17;/h2-7,9-10,16H,8,25H2,1H3,(H,26,27,31);1H/b17-9+;/t16-;/m0./s1. The van der Waals surface area contributed by atoms with E-state index in [0.717, 1.165) is 29.5 Å². The predicted octanol–water partition coefficient (Wildman–Crippen LogP) is 4.45. The topological polar surface area (TPSA) is 90.7 Å². The lowest BCUT2D eigenvalue weighted by Gasteiger charge is -2.14. The van der Waals surface area contributed by atoms with E-state index in [9.17, 15) is 22.8 Å². The number of nitrogens with two attached hydrogens (primary N) is 1. The van der Waals surface area contributed by atoms with Crippen molar-refractivity contribution in [1.29, 1.82) is 0 Å². The molecule has 3 rings (SSSR count). The number of nitrogens with one attached hydrogen (secondary N) is 1. The molecule has 0 bridgehead atoms. The SMILES string of the molecule is COC(=O)[C@@H](N)Cc1ccc(Oc2ccc(/C=C3/SC(=S)NC3=O)c(C(F)(F)F)c2)cc1.Cl. The molecule has 33 heavy (non-hydrogen) atoms. The normalized spacial score (nSPS) is 15.6. The van der Waals surface area contributed by atoms with Crippen LogP contribution in [0, 0.1) is 0 Å². The minimum Gasteiger partial charge on any atom is -0.468 e. The maximum atomic E-state index is 13.6. The fraction of sp³-hybridized carbons (Fsp3) is 0.190. The Morgan fingerprint density at radius 3 is 2.39 bits per heavy atom. The van der Waals surface area contributed by atoms with E-state index in [4.69, 9.17) is 22.7 Å². The largest absolute Gasteiger partial charge is 0.468 e. The minimum absolute atomic E-state index is 0. The van der Waals surface area contributed by atoms with Crippen LogP contribution in [0.4, 0.5) is 13.2 Å². The number of thiocarbonyl (C=S) groups is 1. The average molecular weight is 519 g/mol. The number of esters is 1. The van der Waals surface area contributed by atoms with E-state index in [-0.39, 0.29) is 39.4 Å². The number of benzene rings is 2. The van der Waals surface area contributed by atoms with Gasteiger partial charge in [-0.15, -0.1) is 12.4 Å². The molecular weight excluding hydrogens is 501 g/mol. The number of alkyl halides is 3. The fourth-order valence-corrected chi connectivity index (χ4v) is 3.89. The van der Waals surface area contributed by atoms with E-state index in [1.54, 1.807) is 24.3 Å². The molecule has 1 saturated heterocycles. The Bertz CT molecular complexity index is 1090. The second-order valence-corrected chi connectivity index (χ2v) is 8.40. The van der Waals surface area contributed by atoms with Crippen LogP contribution in [0.3, 0.4) is 0 Å². The first-order valence-electron chi connectivity index (χ1n) is 9.13. The van der Waals surface area contributed by atoms with Crippen molar-refractivity contribution in [1.82, 2.24) is 5.32 Å². The molecule has 1 atom stereocenters. The number of hydrogen-bond acceptors (Lipinski definition) is 7. The molecule has 176 valence electrons. The first-order valence-corrected chi connectivity index (χ1v) is 10.4. The summed E-state index contributed by atoms with van der Waals surface area (Å²) in [6.07, 6.45) is -3.28. The van der Waals surface area contributed by atoms with Gasteiger partial charge in [0.1, 0.15) is 21.9 Å². The molecular formula is C21H18ClF3N2O4S2. The molecule has 1 amide bonds. The molecule has 1 fully saturated rings. The first kappa shape index (κ1) is 26.7. The highest BCUT2D eigenvalue weighted by Gasteiger charge is 2.34. The zero-order valence-corrected chi connectivity index (χ0v) is 19.4. The van der Waals surface area contributed by atoms with Gasteiger partial charge in [0.25, 0.3) is 5.91 Å². The van der Waals surface area contributed by atoms with Crippen molar-refractivity contribution in [2.75, 3.05) is 7.11 Å². The van der Waals surface area contributed by atoms with Crippen molar-refractivity contribution in [2.24, 2.45) is 5.73 Å². The average Bonchev–Trinajstić information content (AvgIpc) is 3.05. The van der Waals surface area contributed by atoms with Crippen LogP contribution in [0.5, 0.6) is 11.5 Å². The molecule has 1 heterocycles.